The summed E-state index contributed by atoms with van der Waals surface area (Å²) in [4.78, 5) is 0. The second-order valence-electron chi connectivity index (χ2n) is 3.98. The molecule has 0 aliphatic rings. The number of benzene rings is 1. The van der Waals surface area contributed by atoms with Crippen LogP contribution in [0.1, 0.15) is 18.9 Å². The number of nitrogens with one attached hydrogen (secondary N) is 1. The van der Waals surface area contributed by atoms with E-state index in [1.807, 2.05) is 26.1 Å². The Labute approximate surface area is 112 Å². The van der Waals surface area contributed by atoms with Gasteiger partial charge in [0.25, 0.3) is 0 Å². The van der Waals surface area contributed by atoms with Crippen LogP contribution in [0.25, 0.3) is 6.08 Å². The summed E-state index contributed by atoms with van der Waals surface area (Å²) in [6, 6.07) is 4.98. The number of rotatable bonds is 7. The molecule has 0 unspecified atom stereocenters. The molecule has 19 heavy (non-hydrogen) atoms. The molecular formula is C14H19F2NO2. The van der Waals surface area contributed by atoms with Gasteiger partial charge in [-0.05, 0) is 31.2 Å². The van der Waals surface area contributed by atoms with E-state index in [1.165, 1.54) is 12.7 Å². The third-order valence-electron chi connectivity index (χ3n) is 2.63. The fraction of sp³-hybridized carbons (Fsp3) is 0.429. The van der Waals surface area contributed by atoms with Gasteiger partial charge in [-0.2, -0.15) is 8.78 Å². The molecule has 0 bridgehead atoms. The average Bonchev–Trinajstić information content (AvgIpc) is 2.38. The lowest BCUT2D eigenvalue weighted by Crippen LogP contribution is -2.09. The summed E-state index contributed by atoms with van der Waals surface area (Å²) in [6.07, 6.45) is 2.84. The Hall–Kier alpha value is -1.62. The normalized spacial score (nSPS) is 11.8. The maximum absolute atomic E-state index is 12.3. The van der Waals surface area contributed by atoms with Crippen LogP contribution in [-0.4, -0.2) is 27.3 Å². The first-order chi connectivity index (χ1) is 9.10. The van der Waals surface area contributed by atoms with Gasteiger partial charge in [0.05, 0.1) is 7.11 Å². The van der Waals surface area contributed by atoms with Gasteiger partial charge in [0, 0.05) is 6.54 Å². The van der Waals surface area contributed by atoms with E-state index in [-0.39, 0.29) is 5.75 Å². The van der Waals surface area contributed by atoms with Crippen molar-refractivity contribution in [2.45, 2.75) is 20.0 Å². The molecule has 3 nitrogen and oxygen atoms in total. The zero-order valence-corrected chi connectivity index (χ0v) is 11.4. The van der Waals surface area contributed by atoms with Crippen molar-refractivity contribution in [1.82, 2.24) is 5.32 Å². The third kappa shape index (κ3) is 4.87. The van der Waals surface area contributed by atoms with Gasteiger partial charge in [-0.25, -0.2) is 0 Å². The van der Waals surface area contributed by atoms with Crippen LogP contribution < -0.4 is 14.8 Å². The lowest BCUT2D eigenvalue weighted by atomic mass is 10.1. The molecule has 0 radical (unpaired) electrons. The maximum Gasteiger partial charge on any atom is 0.387 e. The predicted molar refractivity (Wildman–Crippen MR) is 71.8 cm³/mol. The summed E-state index contributed by atoms with van der Waals surface area (Å²) < 4.78 is 34.1. The van der Waals surface area contributed by atoms with Gasteiger partial charge in [-0.3, -0.25) is 0 Å². The van der Waals surface area contributed by atoms with Crippen molar-refractivity contribution >= 4 is 6.08 Å². The third-order valence-corrected chi connectivity index (χ3v) is 2.63. The van der Waals surface area contributed by atoms with Gasteiger partial charge in [0.1, 0.15) is 0 Å². The molecule has 5 heteroatoms. The topological polar surface area (TPSA) is 30.5 Å². The molecule has 0 atom stereocenters. The number of hydrogen-bond acceptors (Lipinski definition) is 3. The fourth-order valence-corrected chi connectivity index (χ4v) is 1.71. The minimum Gasteiger partial charge on any atom is -0.493 e. The number of methoxy groups -OCH3 is 1. The van der Waals surface area contributed by atoms with Crippen LogP contribution >= 0.6 is 0 Å². The Kier molecular flexibility index (Phi) is 6.29. The molecule has 0 heterocycles. The zero-order chi connectivity index (χ0) is 14.3. The van der Waals surface area contributed by atoms with Crippen LogP contribution in [0.4, 0.5) is 8.78 Å². The van der Waals surface area contributed by atoms with E-state index < -0.39 is 6.61 Å². The van der Waals surface area contributed by atoms with Crippen molar-refractivity contribution in [2.75, 3.05) is 20.7 Å². The molecule has 0 saturated carbocycles. The zero-order valence-electron chi connectivity index (χ0n) is 11.4. The summed E-state index contributed by atoms with van der Waals surface area (Å²) in [6.45, 7) is -0.0623. The summed E-state index contributed by atoms with van der Waals surface area (Å²) in [5.41, 5.74) is 1.99. The van der Waals surface area contributed by atoms with Crippen LogP contribution in [0.2, 0.25) is 0 Å². The number of likely N-dealkylation sites (N-methyl/N-ethyl adjacent to an activating group) is 1. The number of alkyl halides is 2. The Morgan fingerprint density at radius 3 is 2.63 bits per heavy atom. The minimum atomic E-state index is -2.86. The Morgan fingerprint density at radius 1 is 1.37 bits per heavy atom. The molecule has 0 spiro atoms. The summed E-state index contributed by atoms with van der Waals surface area (Å²) >= 11 is 0. The second kappa shape index (κ2) is 7.74. The predicted octanol–water partition coefficient (Wildman–Crippen LogP) is 3.31. The fourth-order valence-electron chi connectivity index (χ4n) is 1.71. The standard InChI is InChI=1S/C14H19F2NO2/c1-4-10(9-17-2)7-11-5-6-12(18-3)13(8-11)19-14(15)16/h5-8,14,17H,4,9H2,1-3H3. The summed E-state index contributed by atoms with van der Waals surface area (Å²) in [7, 11) is 3.28. The highest BCUT2D eigenvalue weighted by atomic mass is 19.3. The molecule has 0 aromatic heterocycles. The van der Waals surface area contributed by atoms with E-state index in [0.29, 0.717) is 5.75 Å². The van der Waals surface area contributed by atoms with E-state index in [1.54, 1.807) is 12.1 Å². The van der Waals surface area contributed by atoms with Crippen LogP contribution in [0, 0.1) is 0 Å². The number of hydrogen-bond donors (Lipinski definition) is 1. The SMILES string of the molecule is CCC(=Cc1ccc(OC)c(OC(F)F)c1)CNC. The second-order valence-corrected chi connectivity index (χ2v) is 3.98. The molecule has 0 aliphatic carbocycles. The van der Waals surface area contributed by atoms with E-state index in [2.05, 4.69) is 10.1 Å². The highest BCUT2D eigenvalue weighted by molar-refractivity contribution is 5.58. The molecule has 1 aromatic rings. The monoisotopic (exact) mass is 271 g/mol. The molecular weight excluding hydrogens is 252 g/mol. The lowest BCUT2D eigenvalue weighted by molar-refractivity contribution is -0.0512. The Bertz CT molecular complexity index is 433. The van der Waals surface area contributed by atoms with Crippen LogP contribution in [0.5, 0.6) is 11.5 Å². The maximum atomic E-state index is 12.3. The van der Waals surface area contributed by atoms with Crippen molar-refractivity contribution in [3.63, 3.8) is 0 Å². The van der Waals surface area contributed by atoms with Gasteiger partial charge in [-0.1, -0.05) is 24.6 Å². The molecule has 1 rings (SSSR count). The molecule has 106 valence electrons. The molecule has 0 amide bonds. The first-order valence-corrected chi connectivity index (χ1v) is 6.07. The van der Waals surface area contributed by atoms with Crippen LogP contribution in [0.15, 0.2) is 23.8 Å². The summed E-state index contributed by atoms with van der Waals surface area (Å²) in [5.74, 6) is 0.343. The molecule has 1 N–H and O–H groups in total. The molecule has 0 fully saturated rings. The highest BCUT2D eigenvalue weighted by Crippen LogP contribution is 2.30. The first kappa shape index (κ1) is 15.4. The number of halogens is 2. The first-order valence-electron chi connectivity index (χ1n) is 6.07. The van der Waals surface area contributed by atoms with Gasteiger partial charge >= 0.3 is 6.61 Å². The van der Waals surface area contributed by atoms with Crippen molar-refractivity contribution in [3.05, 3.63) is 29.3 Å². The lowest BCUT2D eigenvalue weighted by Gasteiger charge is -2.11. The smallest absolute Gasteiger partial charge is 0.387 e. The minimum absolute atomic E-state index is 0.0474. The van der Waals surface area contributed by atoms with Gasteiger partial charge in [0.2, 0.25) is 0 Å². The van der Waals surface area contributed by atoms with Crippen molar-refractivity contribution in [3.8, 4) is 11.5 Å². The molecule has 1 aromatic carbocycles. The van der Waals surface area contributed by atoms with Crippen molar-refractivity contribution < 1.29 is 18.3 Å². The molecule has 0 saturated heterocycles. The Balaban J connectivity index is 3.02. The van der Waals surface area contributed by atoms with E-state index in [9.17, 15) is 8.78 Å². The highest BCUT2D eigenvalue weighted by Gasteiger charge is 2.10. The van der Waals surface area contributed by atoms with Crippen molar-refractivity contribution in [2.24, 2.45) is 0 Å². The van der Waals surface area contributed by atoms with Crippen LogP contribution in [-0.2, 0) is 0 Å². The van der Waals surface area contributed by atoms with E-state index in [0.717, 1.165) is 18.5 Å². The van der Waals surface area contributed by atoms with Gasteiger partial charge in [0.15, 0.2) is 11.5 Å². The summed E-state index contributed by atoms with van der Waals surface area (Å²) in [5, 5.41) is 3.06. The van der Waals surface area contributed by atoms with Gasteiger partial charge < -0.3 is 14.8 Å². The molecule has 0 aliphatic heterocycles. The van der Waals surface area contributed by atoms with Crippen molar-refractivity contribution in [1.29, 1.82) is 0 Å². The van der Waals surface area contributed by atoms with E-state index >= 15 is 0 Å². The number of ether oxygens (including phenoxy) is 2. The average molecular weight is 271 g/mol. The largest absolute Gasteiger partial charge is 0.493 e. The van der Waals surface area contributed by atoms with Gasteiger partial charge in [-0.15, -0.1) is 0 Å². The Morgan fingerprint density at radius 2 is 2.11 bits per heavy atom. The van der Waals surface area contributed by atoms with E-state index in [4.69, 9.17) is 4.74 Å². The quantitative estimate of drug-likeness (QED) is 0.825. The van der Waals surface area contributed by atoms with Crippen LogP contribution in [0.3, 0.4) is 0 Å².